The highest BCUT2D eigenvalue weighted by Gasteiger charge is 2.11. The second kappa shape index (κ2) is 10.9. The molecule has 31 heavy (non-hydrogen) atoms. The van der Waals surface area contributed by atoms with Crippen LogP contribution in [0.1, 0.15) is 36.2 Å². The number of carbonyl (C=O) groups is 3. The Balaban J connectivity index is 1.92. The third-order valence-corrected chi connectivity index (χ3v) is 4.28. The van der Waals surface area contributed by atoms with E-state index in [2.05, 4.69) is 13.2 Å². The molecule has 0 heterocycles. The van der Waals surface area contributed by atoms with E-state index in [4.69, 9.17) is 14.2 Å². The summed E-state index contributed by atoms with van der Waals surface area (Å²) in [5.74, 6) is -0.895. The molecule has 2 aromatic rings. The highest BCUT2D eigenvalue weighted by molar-refractivity contribution is 5.90. The summed E-state index contributed by atoms with van der Waals surface area (Å²) >= 11 is 0. The highest BCUT2D eigenvalue weighted by Crippen LogP contribution is 2.27. The molecule has 0 aromatic heterocycles. The molecule has 2 rings (SSSR count). The lowest BCUT2D eigenvalue weighted by molar-refractivity contribution is -0.139. The Bertz CT molecular complexity index is 1000. The average Bonchev–Trinajstić information content (AvgIpc) is 2.74. The minimum absolute atomic E-state index is 0.146. The first kappa shape index (κ1) is 23.6. The van der Waals surface area contributed by atoms with Crippen LogP contribution in [0.25, 0.3) is 11.1 Å². The van der Waals surface area contributed by atoms with Gasteiger partial charge in [0, 0.05) is 17.6 Å². The number of hydrogen-bond acceptors (Lipinski definition) is 6. The van der Waals surface area contributed by atoms with Crippen molar-refractivity contribution in [1.29, 1.82) is 0 Å². The van der Waals surface area contributed by atoms with Crippen molar-refractivity contribution in [3.8, 4) is 16.9 Å². The van der Waals surface area contributed by atoms with Gasteiger partial charge in [-0.1, -0.05) is 31.4 Å². The minimum atomic E-state index is -0.465. The number of carbonyl (C=O) groups excluding carboxylic acids is 3. The molecule has 0 unspecified atom stereocenters. The Labute approximate surface area is 182 Å². The monoisotopic (exact) mass is 422 g/mol. The summed E-state index contributed by atoms with van der Waals surface area (Å²) in [6.45, 7) is 12.4. The van der Waals surface area contributed by atoms with Gasteiger partial charge in [-0.25, -0.2) is 14.4 Å². The van der Waals surface area contributed by atoms with Gasteiger partial charge in [0.15, 0.2) is 0 Å². The van der Waals surface area contributed by atoms with Crippen molar-refractivity contribution in [1.82, 2.24) is 0 Å². The molecule has 0 atom stereocenters. The normalized spacial score (nSPS) is 10.2. The zero-order valence-electron chi connectivity index (χ0n) is 18.0. The smallest absolute Gasteiger partial charge is 0.338 e. The number of esters is 3. The molecule has 0 saturated carbocycles. The Hall–Kier alpha value is -3.67. The van der Waals surface area contributed by atoms with Gasteiger partial charge in [0.05, 0.1) is 18.8 Å². The lowest BCUT2D eigenvalue weighted by Crippen LogP contribution is -2.11. The zero-order valence-corrected chi connectivity index (χ0v) is 18.0. The number of aryl methyl sites for hydroxylation is 1. The van der Waals surface area contributed by atoms with Crippen molar-refractivity contribution < 1.29 is 28.6 Å². The second-order valence-electron chi connectivity index (χ2n) is 7.13. The lowest BCUT2D eigenvalue weighted by atomic mass is 10.0. The third-order valence-electron chi connectivity index (χ3n) is 4.28. The predicted octanol–water partition coefficient (Wildman–Crippen LogP) is 4.81. The van der Waals surface area contributed by atoms with E-state index < -0.39 is 17.9 Å². The van der Waals surface area contributed by atoms with Crippen LogP contribution in [-0.4, -0.2) is 31.1 Å². The molecular weight excluding hydrogens is 396 g/mol. The number of ether oxygens (including phenoxy) is 3. The van der Waals surface area contributed by atoms with Crippen molar-refractivity contribution in [2.24, 2.45) is 0 Å². The summed E-state index contributed by atoms with van der Waals surface area (Å²) in [5.41, 5.74) is 3.72. The van der Waals surface area contributed by atoms with Gasteiger partial charge in [0.1, 0.15) is 5.75 Å². The van der Waals surface area contributed by atoms with Gasteiger partial charge in [-0.05, 0) is 61.7 Å². The maximum absolute atomic E-state index is 12.2. The zero-order chi connectivity index (χ0) is 23.0. The summed E-state index contributed by atoms with van der Waals surface area (Å²) in [6.07, 6.45) is 0.407. The van der Waals surface area contributed by atoms with Crippen LogP contribution in [0.2, 0.25) is 0 Å². The summed E-state index contributed by atoms with van der Waals surface area (Å²) in [4.78, 5) is 35.1. The summed E-state index contributed by atoms with van der Waals surface area (Å²) in [6, 6.07) is 12.5. The molecule has 2 aromatic carbocycles. The highest BCUT2D eigenvalue weighted by atomic mass is 16.5. The first-order chi connectivity index (χ1) is 14.7. The summed E-state index contributed by atoms with van der Waals surface area (Å²) in [5, 5.41) is 0. The van der Waals surface area contributed by atoms with Crippen LogP contribution in [0, 0.1) is 6.92 Å². The van der Waals surface area contributed by atoms with Crippen molar-refractivity contribution in [3.05, 3.63) is 77.9 Å². The lowest BCUT2D eigenvalue weighted by Gasteiger charge is -2.10. The Morgan fingerprint density at radius 1 is 0.806 bits per heavy atom. The molecule has 0 radical (unpaired) electrons. The standard InChI is InChI=1S/C25H26O6/c1-16(2)23(26)29-13-6-14-30-25(28)20-9-7-19(8-10-20)21-11-12-22(18(5)15-21)31-24(27)17(3)4/h7-12,15H,1,3,6,13-14H2,2,4-5H3. The van der Waals surface area contributed by atoms with Gasteiger partial charge in [-0.3, -0.25) is 0 Å². The van der Waals surface area contributed by atoms with Gasteiger partial charge in [-0.15, -0.1) is 0 Å². The van der Waals surface area contributed by atoms with E-state index in [1.165, 1.54) is 0 Å². The molecule has 6 nitrogen and oxygen atoms in total. The van der Waals surface area contributed by atoms with Crippen molar-refractivity contribution in [3.63, 3.8) is 0 Å². The molecular formula is C25H26O6. The molecule has 0 aliphatic rings. The van der Waals surface area contributed by atoms with Crippen molar-refractivity contribution in [2.75, 3.05) is 13.2 Å². The van der Waals surface area contributed by atoms with E-state index in [1.54, 1.807) is 32.0 Å². The van der Waals surface area contributed by atoms with Crippen LogP contribution < -0.4 is 4.74 Å². The fraction of sp³-hybridized carbons (Fsp3) is 0.240. The maximum atomic E-state index is 12.2. The van der Waals surface area contributed by atoms with Gasteiger partial charge >= 0.3 is 17.9 Å². The molecule has 0 spiro atoms. The maximum Gasteiger partial charge on any atom is 0.338 e. The van der Waals surface area contributed by atoms with Gasteiger partial charge in [-0.2, -0.15) is 0 Å². The first-order valence-electron chi connectivity index (χ1n) is 9.77. The molecule has 0 aliphatic heterocycles. The van der Waals surface area contributed by atoms with Gasteiger partial charge < -0.3 is 14.2 Å². The van der Waals surface area contributed by atoms with Crippen LogP contribution in [0.15, 0.2) is 66.8 Å². The molecule has 0 aliphatic carbocycles. The quantitative estimate of drug-likeness (QED) is 0.250. The van der Waals surface area contributed by atoms with E-state index in [0.717, 1.165) is 16.7 Å². The van der Waals surface area contributed by atoms with E-state index >= 15 is 0 Å². The van der Waals surface area contributed by atoms with E-state index in [0.29, 0.717) is 28.9 Å². The van der Waals surface area contributed by atoms with Crippen LogP contribution in [0.5, 0.6) is 5.75 Å². The van der Waals surface area contributed by atoms with Gasteiger partial charge in [0.25, 0.3) is 0 Å². The van der Waals surface area contributed by atoms with Crippen LogP contribution in [0.3, 0.4) is 0 Å². The number of hydrogen-bond donors (Lipinski definition) is 0. The number of benzene rings is 2. The minimum Gasteiger partial charge on any atom is -0.462 e. The fourth-order valence-corrected chi connectivity index (χ4v) is 2.52. The third kappa shape index (κ3) is 6.96. The number of rotatable bonds is 9. The van der Waals surface area contributed by atoms with E-state index in [9.17, 15) is 14.4 Å². The van der Waals surface area contributed by atoms with Crippen LogP contribution in [-0.2, 0) is 19.1 Å². The predicted molar refractivity (Wildman–Crippen MR) is 118 cm³/mol. The van der Waals surface area contributed by atoms with E-state index in [1.807, 2.05) is 31.2 Å². The van der Waals surface area contributed by atoms with Gasteiger partial charge in [0.2, 0.25) is 0 Å². The molecule has 162 valence electrons. The van der Waals surface area contributed by atoms with Crippen molar-refractivity contribution >= 4 is 17.9 Å². The first-order valence-corrected chi connectivity index (χ1v) is 9.77. The molecule has 6 heteroatoms. The average molecular weight is 422 g/mol. The molecule has 0 amide bonds. The van der Waals surface area contributed by atoms with Crippen LogP contribution in [0.4, 0.5) is 0 Å². The molecule has 0 fully saturated rings. The Kier molecular flexibility index (Phi) is 8.32. The second-order valence-corrected chi connectivity index (χ2v) is 7.13. The SMILES string of the molecule is C=C(C)C(=O)OCCCOC(=O)c1ccc(-c2ccc(OC(=O)C(=C)C)c(C)c2)cc1. The fourth-order valence-electron chi connectivity index (χ4n) is 2.52. The molecule has 0 saturated heterocycles. The molecule has 0 N–H and O–H groups in total. The largest absolute Gasteiger partial charge is 0.462 e. The summed E-state index contributed by atoms with van der Waals surface area (Å²) < 4.78 is 15.4. The Morgan fingerprint density at radius 2 is 1.39 bits per heavy atom. The van der Waals surface area contributed by atoms with Crippen LogP contribution >= 0.6 is 0 Å². The van der Waals surface area contributed by atoms with E-state index in [-0.39, 0.29) is 13.2 Å². The topological polar surface area (TPSA) is 78.9 Å². The molecule has 0 bridgehead atoms. The van der Waals surface area contributed by atoms with Crippen molar-refractivity contribution in [2.45, 2.75) is 27.2 Å². The summed E-state index contributed by atoms with van der Waals surface area (Å²) in [7, 11) is 0. The Morgan fingerprint density at radius 3 is 1.97 bits per heavy atom.